The van der Waals surface area contributed by atoms with Gasteiger partial charge in [0.15, 0.2) is 0 Å². The van der Waals surface area contributed by atoms with Crippen molar-refractivity contribution in [1.82, 2.24) is 14.5 Å². The van der Waals surface area contributed by atoms with Gasteiger partial charge >= 0.3 is 0 Å². The number of phenolic OH excluding ortho intramolecular Hbond substituents is 1. The highest BCUT2D eigenvalue weighted by molar-refractivity contribution is 5.98. The van der Waals surface area contributed by atoms with E-state index in [9.17, 15) is 6.48 Å². The molecule has 9 aromatic rings. The fourth-order valence-corrected chi connectivity index (χ4v) is 9.68. The van der Waals surface area contributed by atoms with Crippen molar-refractivity contribution in [2.75, 3.05) is 0 Å². The van der Waals surface area contributed by atoms with Crippen LogP contribution in [-0.4, -0.2) is 19.6 Å². The smallest absolute Gasteiger partial charge is 0.149 e. The summed E-state index contributed by atoms with van der Waals surface area (Å²) in [4.78, 5) is 10.5. The largest absolute Gasteiger partial charge is 0.507 e. The van der Waals surface area contributed by atoms with Gasteiger partial charge in [0, 0.05) is 42.3 Å². The predicted octanol–water partition coefficient (Wildman–Crippen LogP) is 18.4. The fourth-order valence-electron chi connectivity index (χ4n) is 9.68. The Labute approximate surface area is 437 Å². The van der Waals surface area contributed by atoms with E-state index in [2.05, 4.69) is 152 Å². The summed E-state index contributed by atoms with van der Waals surface area (Å²) in [6, 6.07) is 50.8. The second-order valence-electron chi connectivity index (χ2n) is 22.3. The number of fused-ring (bicyclic) bond motifs is 1. The van der Waals surface area contributed by atoms with Crippen molar-refractivity contribution in [3.8, 4) is 78.6 Å². The van der Waals surface area contributed by atoms with Crippen LogP contribution in [0.3, 0.4) is 0 Å². The van der Waals surface area contributed by atoms with E-state index >= 15 is 0 Å². The first kappa shape index (κ1) is 37.7. The van der Waals surface area contributed by atoms with Crippen LogP contribution in [0.25, 0.3) is 83.9 Å². The van der Waals surface area contributed by atoms with E-state index in [0.29, 0.717) is 33.7 Å². The predicted molar refractivity (Wildman–Crippen MR) is 302 cm³/mol. The van der Waals surface area contributed by atoms with Crippen LogP contribution in [0.15, 0.2) is 164 Å². The third kappa shape index (κ3) is 9.74. The summed E-state index contributed by atoms with van der Waals surface area (Å²) >= 11 is 0. The van der Waals surface area contributed by atoms with E-state index in [0.717, 1.165) is 66.8 Å². The van der Waals surface area contributed by atoms with Crippen molar-refractivity contribution >= 4 is 11.0 Å². The van der Waals surface area contributed by atoms with Crippen LogP contribution in [-0.2, 0) is 21.7 Å². The summed E-state index contributed by atoms with van der Waals surface area (Å²) < 4.78 is 86.1. The Morgan fingerprint density at radius 1 is 0.493 bits per heavy atom. The van der Waals surface area contributed by atoms with Crippen LogP contribution in [0.5, 0.6) is 5.75 Å². The first-order valence-corrected chi connectivity index (χ1v) is 24.5. The maximum atomic E-state index is 12.7. The maximum absolute atomic E-state index is 12.7. The summed E-state index contributed by atoms with van der Waals surface area (Å²) in [7, 11) is 0. The highest BCUT2D eigenvalue weighted by Crippen LogP contribution is 2.46. The topological polar surface area (TPSA) is 50.9 Å². The Bertz CT molecular complexity index is 3790. The molecule has 0 saturated heterocycles. The average Bonchev–Trinajstić information content (AvgIpc) is 3.79. The molecule has 0 aliphatic rings. The van der Waals surface area contributed by atoms with Crippen molar-refractivity contribution in [1.29, 1.82) is 0 Å². The molecule has 0 aliphatic heterocycles. The van der Waals surface area contributed by atoms with Gasteiger partial charge in [-0.2, -0.15) is 0 Å². The summed E-state index contributed by atoms with van der Waals surface area (Å²) in [6.07, 6.45) is 1.67. The highest BCUT2D eigenvalue weighted by atomic mass is 16.3. The number of rotatable bonds is 8. The molecule has 2 heterocycles. The number of hydrogen-bond acceptors (Lipinski definition) is 3. The lowest BCUT2D eigenvalue weighted by Crippen LogP contribution is -2.17. The Hall–Kier alpha value is -7.04. The van der Waals surface area contributed by atoms with Crippen LogP contribution in [0, 0.1) is 0 Å². The first-order valence-electron chi connectivity index (χ1n) is 29.5. The number of aromatic hydroxyl groups is 1. The maximum Gasteiger partial charge on any atom is 0.149 e. The molecule has 0 amide bonds. The standard InChI is InChI=1S/C67H71N3O/c1-42(2)55-41-51(31-32-53(55)54-23-18-19-25-57(54)66(9,10)11)70-60-26-20-24-52(61(60)69-63(70)56-39-50(65(6,7)8)40-58(62(56)71)67(12,13)14)47-35-46(43-21-16-15-17-22-43)36-48(37-47)59-38-45(33-34-68-59)44-27-29-49(30-28-44)64(3,4)5/h15-42,71H,1-14H3/i3D3,4D3,5D3,42D. The normalized spacial score (nSPS) is 15.3. The molecular formula is C67H71N3O. The number of pyridine rings is 1. The van der Waals surface area contributed by atoms with Gasteiger partial charge < -0.3 is 5.11 Å². The molecule has 0 bridgehead atoms. The lowest BCUT2D eigenvalue weighted by molar-refractivity contribution is 0.446. The van der Waals surface area contributed by atoms with Gasteiger partial charge in [-0.1, -0.05) is 200 Å². The number of nitrogens with zero attached hydrogens (tertiary/aromatic N) is 3. The van der Waals surface area contributed by atoms with Gasteiger partial charge in [0.1, 0.15) is 11.6 Å². The van der Waals surface area contributed by atoms with E-state index < -0.39 is 37.3 Å². The molecule has 7 aromatic carbocycles. The first-order chi connectivity index (χ1) is 37.5. The lowest BCUT2D eigenvalue weighted by atomic mass is 9.79. The Morgan fingerprint density at radius 3 is 1.82 bits per heavy atom. The zero-order valence-corrected chi connectivity index (χ0v) is 42.9. The lowest BCUT2D eigenvalue weighted by Gasteiger charge is -2.28. The number of aromatic nitrogens is 3. The number of benzene rings is 7. The van der Waals surface area contributed by atoms with E-state index in [1.807, 2.05) is 56.3 Å². The second-order valence-corrected chi connectivity index (χ2v) is 22.3. The molecule has 1 N–H and O–H groups in total. The van der Waals surface area contributed by atoms with Crippen LogP contribution >= 0.6 is 0 Å². The third-order valence-electron chi connectivity index (χ3n) is 13.6. The molecule has 0 unspecified atom stereocenters. The van der Waals surface area contributed by atoms with Gasteiger partial charge in [-0.15, -0.1) is 0 Å². The van der Waals surface area contributed by atoms with Crippen LogP contribution in [0.2, 0.25) is 0 Å². The van der Waals surface area contributed by atoms with Gasteiger partial charge in [-0.3, -0.25) is 9.55 Å². The minimum absolute atomic E-state index is 0.144. The van der Waals surface area contributed by atoms with E-state index in [4.69, 9.17) is 22.3 Å². The molecule has 0 saturated carbocycles. The Balaban J connectivity index is 1.29. The van der Waals surface area contributed by atoms with Crippen molar-refractivity contribution in [3.05, 3.63) is 192 Å². The molecular weight excluding hydrogens is 863 g/mol. The molecule has 9 rings (SSSR count). The van der Waals surface area contributed by atoms with Gasteiger partial charge in [-0.25, -0.2) is 4.98 Å². The average molecular weight is 944 g/mol. The van der Waals surface area contributed by atoms with Crippen LogP contribution in [0.1, 0.15) is 144 Å². The van der Waals surface area contributed by atoms with Gasteiger partial charge in [-0.05, 0) is 143 Å². The minimum Gasteiger partial charge on any atom is -0.507 e. The SMILES string of the molecule is [2H]C(C)(C)c1cc(-n2c(-c3cc(C(C)(C)C)cc(C(C)(C)C)c3O)nc3c(-c4cc(-c5ccccc5)cc(-c5cc(-c6ccc(C(C([2H])([2H])[2H])(C([2H])([2H])[2H])C([2H])([2H])[2H])cc6)ccn5)c4)cccc32)ccc1-c1ccccc1C(C)(C)C. The van der Waals surface area contributed by atoms with Crippen molar-refractivity contribution in [2.45, 2.75) is 124 Å². The molecule has 0 aliphatic carbocycles. The van der Waals surface area contributed by atoms with Crippen molar-refractivity contribution in [3.63, 3.8) is 0 Å². The van der Waals surface area contributed by atoms with Crippen molar-refractivity contribution in [2.24, 2.45) is 0 Å². The molecule has 4 nitrogen and oxygen atoms in total. The molecule has 2 aromatic heterocycles. The number of hydrogen-bond donors (Lipinski definition) is 1. The summed E-state index contributed by atoms with van der Waals surface area (Å²) in [6.45, 7) is 13.1. The Kier molecular flexibility index (Phi) is 9.72. The summed E-state index contributed by atoms with van der Waals surface area (Å²) in [5.41, 5.74) is 10.6. The second kappa shape index (κ2) is 18.3. The summed E-state index contributed by atoms with van der Waals surface area (Å²) in [5.74, 6) is -0.345. The van der Waals surface area contributed by atoms with Crippen LogP contribution < -0.4 is 0 Å². The molecule has 360 valence electrons. The van der Waals surface area contributed by atoms with E-state index in [1.165, 1.54) is 17.7 Å². The molecule has 0 atom stereocenters. The zero-order chi connectivity index (χ0) is 59.2. The molecule has 0 radical (unpaired) electrons. The monoisotopic (exact) mass is 944 g/mol. The number of phenols is 1. The molecule has 0 fully saturated rings. The van der Waals surface area contributed by atoms with E-state index in [-0.39, 0.29) is 22.1 Å². The van der Waals surface area contributed by atoms with E-state index in [1.54, 1.807) is 24.4 Å². The summed E-state index contributed by atoms with van der Waals surface area (Å²) in [5, 5.41) is 12.7. The van der Waals surface area contributed by atoms with Crippen LogP contribution in [0.4, 0.5) is 0 Å². The fraction of sp³-hybridized carbons (Fsp3) is 0.284. The highest BCUT2D eigenvalue weighted by Gasteiger charge is 2.30. The molecule has 0 spiro atoms. The van der Waals surface area contributed by atoms with Gasteiger partial charge in [0.2, 0.25) is 0 Å². The zero-order valence-electron chi connectivity index (χ0n) is 52.9. The van der Waals surface area contributed by atoms with Gasteiger partial charge in [0.25, 0.3) is 0 Å². The number of para-hydroxylation sites is 1. The quantitative estimate of drug-likeness (QED) is 0.165. The minimum atomic E-state index is -3.39. The van der Waals surface area contributed by atoms with Crippen molar-refractivity contribution < 1.29 is 18.8 Å². The molecule has 71 heavy (non-hydrogen) atoms. The molecule has 4 heteroatoms. The Morgan fingerprint density at radius 2 is 1.14 bits per heavy atom. The van der Waals surface area contributed by atoms with Gasteiger partial charge in [0.05, 0.1) is 22.3 Å². The number of imidazole rings is 1. The third-order valence-corrected chi connectivity index (χ3v) is 13.6.